The third-order valence-corrected chi connectivity index (χ3v) is 9.81. The Balaban J connectivity index is 0.997. The molecule has 256 valence electrons. The zero-order chi connectivity index (χ0) is 34.9. The van der Waals surface area contributed by atoms with Crippen molar-refractivity contribution in [3.63, 3.8) is 0 Å². The second-order valence-electron chi connectivity index (χ2n) is 13.0. The number of fused-ring (bicyclic) bond motifs is 1. The first-order chi connectivity index (χ1) is 24.2. The molecule has 3 aliphatic rings. The topological polar surface area (TPSA) is 138 Å². The van der Waals surface area contributed by atoms with Crippen LogP contribution in [0.1, 0.15) is 57.5 Å². The Labute approximate surface area is 288 Å². The third-order valence-electron chi connectivity index (χ3n) is 9.81. The standard InChI is InChI=1S/C38H37FN6O5/c1-43(21-24-9-12-28-30(34(24)39)22-45(38(28)49)31-14-16-33(46)42-37(31)48)25-17-19-44(20-18-25)32-15-13-29(36(40)47)35(41-32)23-7-10-27(11-8-23)50-26-5-3-2-4-6-26/h2-13,15,25,31H,14,16-22H2,1H3,(H2,40,47)(H,42,46,48). The van der Waals surface area contributed by atoms with E-state index in [1.807, 2.05) is 67.7 Å². The van der Waals surface area contributed by atoms with E-state index in [-0.39, 0.29) is 36.9 Å². The van der Waals surface area contributed by atoms with Gasteiger partial charge in [0.1, 0.15) is 29.2 Å². The van der Waals surface area contributed by atoms with Gasteiger partial charge in [-0.2, -0.15) is 0 Å². The van der Waals surface area contributed by atoms with Gasteiger partial charge in [-0.1, -0.05) is 24.3 Å². The molecule has 4 aromatic rings. The van der Waals surface area contributed by atoms with Crippen molar-refractivity contribution < 1.29 is 28.3 Å². The van der Waals surface area contributed by atoms with Crippen LogP contribution in [-0.4, -0.2) is 70.6 Å². The molecule has 2 saturated heterocycles. The van der Waals surface area contributed by atoms with Crippen LogP contribution in [0, 0.1) is 5.82 Å². The lowest BCUT2D eigenvalue weighted by Gasteiger charge is -2.37. The summed E-state index contributed by atoms with van der Waals surface area (Å²) in [6, 6.07) is 23.1. The van der Waals surface area contributed by atoms with Gasteiger partial charge in [-0.15, -0.1) is 0 Å². The second-order valence-corrected chi connectivity index (χ2v) is 13.0. The molecule has 4 heterocycles. The molecule has 1 unspecified atom stereocenters. The molecule has 11 nitrogen and oxygen atoms in total. The van der Waals surface area contributed by atoms with E-state index < -0.39 is 29.6 Å². The minimum absolute atomic E-state index is 0.00262. The number of carbonyl (C=O) groups is 4. The molecule has 0 bridgehead atoms. The van der Waals surface area contributed by atoms with Crippen LogP contribution in [0.25, 0.3) is 11.3 Å². The highest BCUT2D eigenvalue weighted by molar-refractivity contribution is 6.05. The average Bonchev–Trinajstić information content (AvgIpc) is 3.46. The van der Waals surface area contributed by atoms with Gasteiger partial charge in [0.05, 0.1) is 17.8 Å². The van der Waals surface area contributed by atoms with Crippen LogP contribution in [0.5, 0.6) is 11.5 Å². The first-order valence-electron chi connectivity index (χ1n) is 16.7. The fourth-order valence-electron chi connectivity index (χ4n) is 7.06. The van der Waals surface area contributed by atoms with E-state index in [1.165, 1.54) is 4.90 Å². The number of para-hydroxylation sites is 1. The number of hydrogen-bond acceptors (Lipinski definition) is 8. The SMILES string of the molecule is CN(Cc1ccc2c(c1F)CN(C1CCC(=O)NC1=O)C2=O)C1CCN(c2ccc(C(N)=O)c(-c3ccc(Oc4ccccc4)cc3)n2)CC1. The van der Waals surface area contributed by atoms with Crippen LogP contribution in [0.15, 0.2) is 78.9 Å². The largest absolute Gasteiger partial charge is 0.457 e. The van der Waals surface area contributed by atoms with E-state index in [9.17, 15) is 19.2 Å². The zero-order valence-corrected chi connectivity index (χ0v) is 27.6. The molecule has 3 N–H and O–H groups in total. The zero-order valence-electron chi connectivity index (χ0n) is 27.6. The number of nitrogens with one attached hydrogen (secondary N) is 1. The van der Waals surface area contributed by atoms with Crippen molar-refractivity contribution in [2.24, 2.45) is 5.73 Å². The van der Waals surface area contributed by atoms with Crippen molar-refractivity contribution in [1.82, 2.24) is 20.1 Å². The summed E-state index contributed by atoms with van der Waals surface area (Å²) in [5, 5.41) is 2.28. The van der Waals surface area contributed by atoms with Crippen LogP contribution in [0.4, 0.5) is 10.2 Å². The number of anilines is 1. The van der Waals surface area contributed by atoms with Crippen molar-refractivity contribution >= 4 is 29.4 Å². The predicted molar refractivity (Wildman–Crippen MR) is 184 cm³/mol. The Morgan fingerprint density at radius 3 is 2.38 bits per heavy atom. The van der Waals surface area contributed by atoms with Gasteiger partial charge in [0.2, 0.25) is 11.8 Å². The molecule has 3 aromatic carbocycles. The summed E-state index contributed by atoms with van der Waals surface area (Å²) in [4.78, 5) is 60.0. The van der Waals surface area contributed by atoms with Crippen LogP contribution in [0.3, 0.4) is 0 Å². The molecule has 0 aliphatic carbocycles. The highest BCUT2D eigenvalue weighted by atomic mass is 19.1. The van der Waals surface area contributed by atoms with Gasteiger partial charge in [-0.05, 0) is 80.9 Å². The summed E-state index contributed by atoms with van der Waals surface area (Å²) in [6.45, 7) is 1.78. The van der Waals surface area contributed by atoms with Gasteiger partial charge in [-0.3, -0.25) is 29.4 Å². The predicted octanol–water partition coefficient (Wildman–Crippen LogP) is 4.64. The minimum Gasteiger partial charge on any atom is -0.457 e. The molecular formula is C38H37FN6O5. The average molecular weight is 677 g/mol. The highest BCUT2D eigenvalue weighted by Gasteiger charge is 2.40. The van der Waals surface area contributed by atoms with Crippen molar-refractivity contribution in [2.75, 3.05) is 25.0 Å². The van der Waals surface area contributed by atoms with E-state index >= 15 is 4.39 Å². The normalized spacial score (nSPS) is 18.0. The van der Waals surface area contributed by atoms with Crippen LogP contribution < -0.4 is 20.7 Å². The summed E-state index contributed by atoms with van der Waals surface area (Å²) in [7, 11) is 1.97. The fraction of sp³-hybridized carbons (Fsp3) is 0.289. The van der Waals surface area contributed by atoms with Gasteiger partial charge in [-0.25, -0.2) is 9.37 Å². The van der Waals surface area contributed by atoms with Crippen molar-refractivity contribution in [2.45, 2.75) is 50.9 Å². The Morgan fingerprint density at radius 2 is 1.68 bits per heavy atom. The molecule has 0 radical (unpaired) electrons. The van der Waals surface area contributed by atoms with E-state index in [0.717, 1.165) is 30.0 Å². The lowest BCUT2D eigenvalue weighted by Crippen LogP contribution is -2.52. The molecule has 1 aromatic heterocycles. The van der Waals surface area contributed by atoms with Gasteiger partial charge in [0, 0.05) is 54.4 Å². The number of hydrogen-bond donors (Lipinski definition) is 2. The molecule has 50 heavy (non-hydrogen) atoms. The maximum atomic E-state index is 15.8. The smallest absolute Gasteiger partial charge is 0.255 e. The molecule has 0 saturated carbocycles. The number of primary amides is 1. The van der Waals surface area contributed by atoms with Crippen molar-refractivity contribution in [3.8, 4) is 22.8 Å². The van der Waals surface area contributed by atoms with Gasteiger partial charge >= 0.3 is 0 Å². The number of carbonyl (C=O) groups excluding carboxylic acids is 4. The van der Waals surface area contributed by atoms with Crippen molar-refractivity contribution in [1.29, 1.82) is 0 Å². The summed E-state index contributed by atoms with van der Waals surface area (Å²) in [5.74, 6) is -0.147. The number of aromatic nitrogens is 1. The number of amides is 4. The molecule has 1 atom stereocenters. The summed E-state index contributed by atoms with van der Waals surface area (Å²) >= 11 is 0. The first kappa shape index (κ1) is 32.9. The Bertz CT molecular complexity index is 1960. The monoisotopic (exact) mass is 676 g/mol. The molecule has 12 heteroatoms. The number of ether oxygens (including phenoxy) is 1. The molecule has 7 rings (SSSR count). The number of halogens is 1. The van der Waals surface area contributed by atoms with E-state index in [2.05, 4.69) is 15.1 Å². The number of rotatable bonds is 9. The quantitative estimate of drug-likeness (QED) is 0.245. The maximum Gasteiger partial charge on any atom is 0.255 e. The summed E-state index contributed by atoms with van der Waals surface area (Å²) < 4.78 is 21.7. The van der Waals surface area contributed by atoms with Gasteiger partial charge < -0.3 is 20.3 Å². The molecular weight excluding hydrogens is 639 g/mol. The number of benzene rings is 3. The second kappa shape index (κ2) is 13.7. The van der Waals surface area contributed by atoms with Gasteiger partial charge in [0.25, 0.3) is 11.8 Å². The Hall–Kier alpha value is -5.62. The third kappa shape index (κ3) is 6.53. The van der Waals surface area contributed by atoms with E-state index in [4.69, 9.17) is 15.5 Å². The minimum atomic E-state index is -0.791. The Kier molecular flexibility index (Phi) is 9.02. The summed E-state index contributed by atoms with van der Waals surface area (Å²) in [6.07, 6.45) is 1.99. The maximum absolute atomic E-state index is 15.8. The molecule has 4 amide bonds. The van der Waals surface area contributed by atoms with Crippen molar-refractivity contribution in [3.05, 3.63) is 107 Å². The lowest BCUT2D eigenvalue weighted by atomic mass is 10.0. The molecule has 0 spiro atoms. The fourth-order valence-corrected chi connectivity index (χ4v) is 7.06. The Morgan fingerprint density at radius 1 is 0.960 bits per heavy atom. The number of piperidine rings is 2. The number of imide groups is 1. The number of nitrogens with two attached hydrogens (primary N) is 1. The first-order valence-corrected chi connectivity index (χ1v) is 16.7. The van der Waals surface area contributed by atoms with Crippen LogP contribution in [0.2, 0.25) is 0 Å². The van der Waals surface area contributed by atoms with Crippen LogP contribution in [-0.2, 0) is 22.7 Å². The summed E-state index contributed by atoms with van der Waals surface area (Å²) in [5.41, 5.74) is 8.35. The number of pyridine rings is 1. The van der Waals surface area contributed by atoms with Gasteiger partial charge in [0.15, 0.2) is 0 Å². The highest BCUT2D eigenvalue weighted by Crippen LogP contribution is 2.33. The van der Waals surface area contributed by atoms with Crippen LogP contribution >= 0.6 is 0 Å². The van der Waals surface area contributed by atoms with E-state index in [1.54, 1.807) is 18.2 Å². The number of nitrogens with zero attached hydrogens (tertiary/aromatic N) is 4. The molecule has 2 fully saturated rings. The van der Waals surface area contributed by atoms with E-state index in [0.29, 0.717) is 47.8 Å². The molecule has 3 aliphatic heterocycles. The lowest BCUT2D eigenvalue weighted by molar-refractivity contribution is -0.136.